The summed E-state index contributed by atoms with van der Waals surface area (Å²) in [4.78, 5) is 18.4. The lowest BCUT2D eigenvalue weighted by Crippen LogP contribution is -3.13. The third kappa shape index (κ3) is 4.89. The number of thioether (sulfide) groups is 1. The van der Waals surface area contributed by atoms with Crippen molar-refractivity contribution in [1.82, 2.24) is 9.55 Å². The van der Waals surface area contributed by atoms with Gasteiger partial charge in [0.15, 0.2) is 17.9 Å². The van der Waals surface area contributed by atoms with E-state index in [1.165, 1.54) is 35.9 Å². The van der Waals surface area contributed by atoms with Gasteiger partial charge >= 0.3 is 0 Å². The largest absolute Gasteiger partial charge is 0.493 e. The third-order valence-corrected chi connectivity index (χ3v) is 9.17. The van der Waals surface area contributed by atoms with Gasteiger partial charge in [0.2, 0.25) is 5.88 Å². The van der Waals surface area contributed by atoms with Crippen LogP contribution in [0, 0.1) is 10.8 Å². The highest BCUT2D eigenvalue weighted by Gasteiger charge is 2.52. The molecule has 8 nitrogen and oxygen atoms in total. The molecule has 1 saturated carbocycles. The minimum atomic E-state index is -0.429. The van der Waals surface area contributed by atoms with Crippen molar-refractivity contribution in [3.05, 3.63) is 46.9 Å². The molecule has 0 radical (unpaired) electrons. The fourth-order valence-corrected chi connectivity index (χ4v) is 7.84. The molecule has 1 amide bonds. The van der Waals surface area contributed by atoms with Crippen molar-refractivity contribution in [1.29, 1.82) is 0 Å². The number of fused-ring (bicyclic) bond motifs is 4. The molecular weight excluding hydrogens is 566 g/mol. The van der Waals surface area contributed by atoms with Crippen LogP contribution in [0.15, 0.2) is 66.8 Å². The summed E-state index contributed by atoms with van der Waals surface area (Å²) in [6.45, 7) is 8.89. The number of aromatic hydroxyl groups is 1. The highest BCUT2D eigenvalue weighted by Crippen LogP contribution is 2.47. The van der Waals surface area contributed by atoms with E-state index in [0.29, 0.717) is 40.0 Å². The number of para-hydroxylation sites is 2. The number of hydrogen-bond donors (Lipinski definition) is 2. The number of carbonyl (C=O) groups is 1. The van der Waals surface area contributed by atoms with E-state index in [0.717, 1.165) is 27.4 Å². The van der Waals surface area contributed by atoms with Gasteiger partial charge in [-0.15, -0.1) is 10.2 Å². The summed E-state index contributed by atoms with van der Waals surface area (Å²) in [6, 6.07) is 13.9. The van der Waals surface area contributed by atoms with E-state index in [1.54, 1.807) is 0 Å². The molecule has 2 N–H and O–H groups in total. The minimum Gasteiger partial charge on any atom is -0.493 e. The number of quaternary nitrogens is 1. The molecule has 1 aliphatic carbocycles. The standard InChI is InChI=1S/C28H30BrN5O3S/c1-27(2)11-18-12-28(3,14-27)15-33(18)16-34-21-9-8-17(29)10-19(21)24(25(34)36)32-31-23(35)13-38-26-30-20-6-4-5-7-22(20)37-26/h4-10,18,36H,11-16H2,1-3H3/p+1/t18-,28-/m0/s1. The maximum absolute atomic E-state index is 12.6. The predicted octanol–water partition coefficient (Wildman–Crippen LogP) is 6.09. The zero-order chi connectivity index (χ0) is 26.7. The van der Waals surface area contributed by atoms with E-state index in [9.17, 15) is 9.90 Å². The zero-order valence-electron chi connectivity index (χ0n) is 21.7. The molecule has 2 bridgehead atoms. The number of amides is 1. The fraction of sp³-hybridized carbons (Fsp3) is 0.429. The number of aromatic nitrogens is 2. The molecule has 2 aliphatic rings. The number of azo groups is 1. The molecule has 1 unspecified atom stereocenters. The van der Waals surface area contributed by atoms with E-state index in [4.69, 9.17) is 4.42 Å². The molecule has 4 aromatic rings. The van der Waals surface area contributed by atoms with Gasteiger partial charge in [-0.1, -0.05) is 60.6 Å². The molecule has 2 fully saturated rings. The van der Waals surface area contributed by atoms with Crippen molar-refractivity contribution in [2.75, 3.05) is 12.3 Å². The van der Waals surface area contributed by atoms with E-state index < -0.39 is 5.91 Å². The predicted molar refractivity (Wildman–Crippen MR) is 151 cm³/mol. The van der Waals surface area contributed by atoms with Crippen LogP contribution in [0.3, 0.4) is 0 Å². The first-order chi connectivity index (χ1) is 18.1. The second kappa shape index (κ2) is 9.50. The second-order valence-electron chi connectivity index (χ2n) is 11.8. The van der Waals surface area contributed by atoms with Crippen LogP contribution in [0.4, 0.5) is 5.69 Å². The van der Waals surface area contributed by atoms with Crippen molar-refractivity contribution >= 4 is 61.3 Å². The summed E-state index contributed by atoms with van der Waals surface area (Å²) in [5.74, 6) is -0.353. The maximum atomic E-state index is 12.6. The van der Waals surface area contributed by atoms with Crippen LogP contribution >= 0.6 is 27.7 Å². The Balaban J connectivity index is 1.23. The minimum absolute atomic E-state index is 0.0351. The molecule has 1 saturated heterocycles. The number of likely N-dealkylation sites (tertiary alicyclic amines) is 1. The Morgan fingerprint density at radius 1 is 1.26 bits per heavy atom. The average molecular weight is 598 g/mol. The van der Waals surface area contributed by atoms with Gasteiger partial charge in [-0.05, 0) is 42.2 Å². The first-order valence-electron chi connectivity index (χ1n) is 12.9. The third-order valence-electron chi connectivity index (χ3n) is 7.86. The smallest absolute Gasteiger partial charge is 0.275 e. The molecule has 10 heteroatoms. The molecular formula is C28H31BrN5O3S+. The lowest BCUT2D eigenvalue weighted by atomic mass is 9.65. The van der Waals surface area contributed by atoms with E-state index >= 15 is 0 Å². The molecule has 38 heavy (non-hydrogen) atoms. The summed E-state index contributed by atoms with van der Waals surface area (Å²) < 4.78 is 8.47. The molecule has 0 spiro atoms. The summed E-state index contributed by atoms with van der Waals surface area (Å²) >= 11 is 4.71. The van der Waals surface area contributed by atoms with Crippen LogP contribution in [0.5, 0.6) is 5.88 Å². The average Bonchev–Trinajstić information content (AvgIpc) is 3.45. The number of halogens is 1. The van der Waals surface area contributed by atoms with Gasteiger partial charge in [-0.2, -0.15) is 0 Å². The first-order valence-corrected chi connectivity index (χ1v) is 14.7. The Morgan fingerprint density at radius 2 is 2.08 bits per heavy atom. The monoisotopic (exact) mass is 596 g/mol. The number of nitrogens with zero attached hydrogens (tertiary/aromatic N) is 4. The normalized spacial score (nSPS) is 24.6. The van der Waals surface area contributed by atoms with E-state index in [-0.39, 0.29) is 11.6 Å². The van der Waals surface area contributed by atoms with Crippen molar-refractivity contribution in [3.8, 4) is 5.88 Å². The van der Waals surface area contributed by atoms with Crippen molar-refractivity contribution in [3.63, 3.8) is 0 Å². The van der Waals surface area contributed by atoms with Gasteiger partial charge < -0.3 is 14.4 Å². The Labute approximate surface area is 233 Å². The summed E-state index contributed by atoms with van der Waals surface area (Å²) in [7, 11) is 0. The van der Waals surface area contributed by atoms with Gasteiger partial charge in [0.25, 0.3) is 11.1 Å². The molecule has 2 aromatic carbocycles. The van der Waals surface area contributed by atoms with Crippen molar-refractivity contribution in [2.45, 2.75) is 58.0 Å². The van der Waals surface area contributed by atoms with Crippen LogP contribution in [0.1, 0.15) is 40.0 Å². The number of nitrogens with one attached hydrogen (secondary N) is 1. The number of oxazole rings is 1. The summed E-state index contributed by atoms with van der Waals surface area (Å²) in [5.41, 5.74) is 3.27. The topological polar surface area (TPSA) is 97.4 Å². The summed E-state index contributed by atoms with van der Waals surface area (Å²) in [5, 5.41) is 20.7. The van der Waals surface area contributed by atoms with Crippen molar-refractivity contribution < 1.29 is 19.2 Å². The molecule has 3 heterocycles. The fourth-order valence-electron chi connectivity index (χ4n) is 6.86. The SMILES string of the molecule is CC1(C)C[C@H]2C[C@](C)(C[NH+]2Cn2c(O)c(N=NC(=O)CSc3nc4ccccc4o3)c3cc(Br)ccc32)C1. The molecule has 6 rings (SSSR count). The van der Waals surface area contributed by atoms with Gasteiger partial charge in [0.05, 0.1) is 23.9 Å². The molecule has 1 aliphatic heterocycles. The van der Waals surface area contributed by atoms with Gasteiger partial charge in [-0.25, -0.2) is 4.98 Å². The molecule has 3 atom stereocenters. The van der Waals surface area contributed by atoms with Crippen molar-refractivity contribution in [2.24, 2.45) is 21.1 Å². The first kappa shape index (κ1) is 25.6. The highest BCUT2D eigenvalue weighted by molar-refractivity contribution is 9.10. The Kier molecular flexibility index (Phi) is 6.39. The lowest BCUT2D eigenvalue weighted by Gasteiger charge is -2.37. The zero-order valence-corrected chi connectivity index (χ0v) is 24.1. The van der Waals surface area contributed by atoms with Gasteiger partial charge in [-0.3, -0.25) is 9.36 Å². The highest BCUT2D eigenvalue weighted by atomic mass is 79.9. The van der Waals surface area contributed by atoms with E-state index in [2.05, 4.69) is 51.9 Å². The second-order valence-corrected chi connectivity index (χ2v) is 13.7. The van der Waals surface area contributed by atoms with Gasteiger partial charge in [0, 0.05) is 28.1 Å². The molecule has 198 valence electrons. The van der Waals surface area contributed by atoms with E-state index in [1.807, 2.05) is 47.0 Å². The van der Waals surface area contributed by atoms with Crippen LogP contribution in [-0.2, 0) is 11.5 Å². The van der Waals surface area contributed by atoms with Crippen LogP contribution in [0.25, 0.3) is 22.0 Å². The quantitative estimate of drug-likeness (QED) is 0.207. The Hall–Kier alpha value is -2.69. The lowest BCUT2D eigenvalue weighted by molar-refractivity contribution is -0.936. The maximum Gasteiger partial charge on any atom is 0.275 e. The number of benzene rings is 2. The van der Waals surface area contributed by atoms with Crippen LogP contribution < -0.4 is 4.90 Å². The van der Waals surface area contributed by atoms with Gasteiger partial charge in [0.1, 0.15) is 5.52 Å². The number of hydrogen-bond acceptors (Lipinski definition) is 6. The number of carbonyl (C=O) groups excluding carboxylic acids is 1. The van der Waals surface area contributed by atoms with Crippen LogP contribution in [0.2, 0.25) is 0 Å². The van der Waals surface area contributed by atoms with Crippen LogP contribution in [-0.4, -0.2) is 38.9 Å². The Morgan fingerprint density at radius 3 is 2.89 bits per heavy atom. The number of rotatable bonds is 6. The summed E-state index contributed by atoms with van der Waals surface area (Å²) in [6.07, 6.45) is 3.63. The Bertz CT molecular complexity index is 1540. The molecule has 2 aromatic heterocycles.